The van der Waals surface area contributed by atoms with Crippen LogP contribution in [0, 0.1) is 0 Å². The number of likely N-dealkylation sites (N-methyl/N-ethyl adjacent to an activating group) is 1. The summed E-state index contributed by atoms with van der Waals surface area (Å²) in [5, 5.41) is 3.44. The first-order valence-electron chi connectivity index (χ1n) is 7.41. The number of hydrogen-bond acceptors (Lipinski definition) is 3. The standard InChI is InChI=1S/C16H25N3/c1-4-13-7-9-14(10-8-13)15(19(5-2)6-3)16-17-11-12-18-16/h7-10,15H,4-6,11-12H2,1-3H3,(H,17,18). The zero-order chi connectivity index (χ0) is 13.7. The lowest BCUT2D eigenvalue weighted by molar-refractivity contribution is 0.268. The maximum atomic E-state index is 4.64. The molecule has 0 radical (unpaired) electrons. The van der Waals surface area contributed by atoms with E-state index in [2.05, 4.69) is 60.2 Å². The molecule has 1 atom stereocenters. The Labute approximate surface area is 116 Å². The first-order chi connectivity index (χ1) is 9.30. The maximum absolute atomic E-state index is 4.64. The van der Waals surface area contributed by atoms with Gasteiger partial charge in [0.25, 0.3) is 0 Å². The summed E-state index contributed by atoms with van der Waals surface area (Å²) in [5.74, 6) is 1.13. The van der Waals surface area contributed by atoms with Crippen molar-refractivity contribution < 1.29 is 0 Å². The lowest BCUT2D eigenvalue weighted by atomic mass is 10.0. The van der Waals surface area contributed by atoms with Crippen molar-refractivity contribution in [3.63, 3.8) is 0 Å². The fourth-order valence-corrected chi connectivity index (χ4v) is 2.67. The minimum Gasteiger partial charge on any atom is -0.370 e. The third-order valence-corrected chi connectivity index (χ3v) is 3.84. The zero-order valence-electron chi connectivity index (χ0n) is 12.3. The topological polar surface area (TPSA) is 27.6 Å². The molecule has 104 valence electrons. The molecular weight excluding hydrogens is 234 g/mol. The Balaban J connectivity index is 2.29. The summed E-state index contributed by atoms with van der Waals surface area (Å²) in [6, 6.07) is 9.26. The van der Waals surface area contributed by atoms with Gasteiger partial charge in [0.1, 0.15) is 5.84 Å². The zero-order valence-corrected chi connectivity index (χ0v) is 12.3. The number of rotatable bonds is 6. The van der Waals surface area contributed by atoms with Gasteiger partial charge in [-0.3, -0.25) is 9.89 Å². The predicted octanol–water partition coefficient (Wildman–Crippen LogP) is 2.63. The molecule has 1 aromatic carbocycles. The molecule has 0 amide bonds. The monoisotopic (exact) mass is 259 g/mol. The van der Waals surface area contributed by atoms with E-state index in [4.69, 9.17) is 0 Å². The van der Waals surface area contributed by atoms with E-state index in [0.717, 1.165) is 38.4 Å². The van der Waals surface area contributed by atoms with Gasteiger partial charge in [0.15, 0.2) is 0 Å². The molecule has 0 saturated heterocycles. The van der Waals surface area contributed by atoms with Crippen LogP contribution < -0.4 is 5.32 Å². The Kier molecular flexibility index (Phi) is 4.97. The highest BCUT2D eigenvalue weighted by molar-refractivity contribution is 5.89. The number of benzene rings is 1. The second kappa shape index (κ2) is 6.71. The van der Waals surface area contributed by atoms with Crippen molar-refractivity contribution in [1.29, 1.82) is 0 Å². The minimum atomic E-state index is 0.281. The quantitative estimate of drug-likeness (QED) is 0.850. The number of nitrogens with zero attached hydrogens (tertiary/aromatic N) is 2. The van der Waals surface area contributed by atoms with Crippen molar-refractivity contribution in [2.75, 3.05) is 26.2 Å². The van der Waals surface area contributed by atoms with Crippen LogP contribution in [0.3, 0.4) is 0 Å². The Morgan fingerprint density at radius 2 is 1.84 bits per heavy atom. The molecule has 19 heavy (non-hydrogen) atoms. The van der Waals surface area contributed by atoms with Crippen LogP contribution in [-0.4, -0.2) is 36.9 Å². The van der Waals surface area contributed by atoms with E-state index in [1.807, 2.05) is 0 Å². The van der Waals surface area contributed by atoms with E-state index < -0.39 is 0 Å². The van der Waals surface area contributed by atoms with Crippen LogP contribution in [0.2, 0.25) is 0 Å². The van der Waals surface area contributed by atoms with E-state index in [-0.39, 0.29) is 6.04 Å². The number of aliphatic imine (C=N–C) groups is 1. The third kappa shape index (κ3) is 3.16. The molecule has 1 aliphatic heterocycles. The maximum Gasteiger partial charge on any atom is 0.119 e. The van der Waals surface area contributed by atoms with Crippen LogP contribution in [0.15, 0.2) is 29.3 Å². The first-order valence-corrected chi connectivity index (χ1v) is 7.41. The summed E-state index contributed by atoms with van der Waals surface area (Å²) < 4.78 is 0. The van der Waals surface area contributed by atoms with Gasteiger partial charge in [-0.05, 0) is 30.6 Å². The summed E-state index contributed by atoms with van der Waals surface area (Å²) in [7, 11) is 0. The van der Waals surface area contributed by atoms with Gasteiger partial charge < -0.3 is 5.32 Å². The smallest absolute Gasteiger partial charge is 0.119 e. The Morgan fingerprint density at radius 3 is 2.32 bits per heavy atom. The molecule has 0 fully saturated rings. The van der Waals surface area contributed by atoms with Gasteiger partial charge in [0, 0.05) is 6.54 Å². The number of nitrogens with one attached hydrogen (secondary N) is 1. The van der Waals surface area contributed by atoms with Crippen molar-refractivity contribution in [2.45, 2.75) is 33.2 Å². The number of amidine groups is 1. The highest BCUT2D eigenvalue weighted by Gasteiger charge is 2.25. The van der Waals surface area contributed by atoms with Gasteiger partial charge in [-0.2, -0.15) is 0 Å². The Bertz CT molecular complexity index is 418. The van der Waals surface area contributed by atoms with E-state index in [1.165, 1.54) is 11.1 Å². The molecule has 1 aromatic rings. The average molecular weight is 259 g/mol. The van der Waals surface area contributed by atoms with Crippen LogP contribution in [-0.2, 0) is 6.42 Å². The van der Waals surface area contributed by atoms with Crippen molar-refractivity contribution in [2.24, 2.45) is 4.99 Å². The van der Waals surface area contributed by atoms with E-state index in [9.17, 15) is 0 Å². The average Bonchev–Trinajstić information content (AvgIpc) is 2.98. The van der Waals surface area contributed by atoms with Gasteiger partial charge in [-0.25, -0.2) is 0 Å². The highest BCUT2D eigenvalue weighted by atomic mass is 15.2. The van der Waals surface area contributed by atoms with E-state index in [1.54, 1.807) is 0 Å². The fraction of sp³-hybridized carbons (Fsp3) is 0.562. The second-order valence-corrected chi connectivity index (χ2v) is 4.91. The van der Waals surface area contributed by atoms with Crippen LogP contribution >= 0.6 is 0 Å². The van der Waals surface area contributed by atoms with Crippen LogP contribution in [0.25, 0.3) is 0 Å². The Morgan fingerprint density at radius 1 is 1.16 bits per heavy atom. The summed E-state index contributed by atoms with van der Waals surface area (Å²) in [5.41, 5.74) is 2.73. The van der Waals surface area contributed by atoms with Crippen LogP contribution in [0.5, 0.6) is 0 Å². The Hall–Kier alpha value is -1.35. The first kappa shape index (κ1) is 14.1. The molecule has 2 rings (SSSR count). The molecule has 0 saturated carbocycles. The number of aryl methyl sites for hydroxylation is 1. The van der Waals surface area contributed by atoms with Gasteiger partial charge in [-0.1, -0.05) is 45.0 Å². The molecular formula is C16H25N3. The largest absolute Gasteiger partial charge is 0.370 e. The normalized spacial score (nSPS) is 16.3. The van der Waals surface area contributed by atoms with Crippen molar-refractivity contribution in [3.8, 4) is 0 Å². The van der Waals surface area contributed by atoms with Crippen molar-refractivity contribution in [3.05, 3.63) is 35.4 Å². The molecule has 1 N–H and O–H groups in total. The van der Waals surface area contributed by atoms with Crippen molar-refractivity contribution in [1.82, 2.24) is 10.2 Å². The number of hydrogen-bond donors (Lipinski definition) is 1. The summed E-state index contributed by atoms with van der Waals surface area (Å²) in [6.07, 6.45) is 1.09. The summed E-state index contributed by atoms with van der Waals surface area (Å²) >= 11 is 0. The van der Waals surface area contributed by atoms with Crippen LogP contribution in [0.1, 0.15) is 37.9 Å². The fourth-order valence-electron chi connectivity index (χ4n) is 2.67. The molecule has 3 nitrogen and oxygen atoms in total. The molecule has 0 bridgehead atoms. The van der Waals surface area contributed by atoms with Crippen LogP contribution in [0.4, 0.5) is 0 Å². The van der Waals surface area contributed by atoms with Gasteiger partial charge >= 0.3 is 0 Å². The molecule has 0 aromatic heterocycles. The molecule has 1 heterocycles. The molecule has 0 spiro atoms. The second-order valence-electron chi connectivity index (χ2n) is 4.91. The summed E-state index contributed by atoms with van der Waals surface area (Å²) in [6.45, 7) is 10.6. The van der Waals surface area contributed by atoms with Crippen molar-refractivity contribution >= 4 is 5.84 Å². The lowest BCUT2D eigenvalue weighted by Gasteiger charge is -2.30. The van der Waals surface area contributed by atoms with Gasteiger partial charge in [0.05, 0.1) is 12.6 Å². The molecule has 1 aliphatic rings. The lowest BCUT2D eigenvalue weighted by Crippen LogP contribution is -2.38. The summed E-state index contributed by atoms with van der Waals surface area (Å²) in [4.78, 5) is 7.09. The van der Waals surface area contributed by atoms with E-state index >= 15 is 0 Å². The minimum absolute atomic E-state index is 0.281. The predicted molar refractivity (Wildman–Crippen MR) is 81.8 cm³/mol. The van der Waals surface area contributed by atoms with Gasteiger partial charge in [-0.15, -0.1) is 0 Å². The SMILES string of the molecule is CCc1ccc(C(C2=NCCN2)N(CC)CC)cc1. The van der Waals surface area contributed by atoms with E-state index in [0.29, 0.717) is 0 Å². The van der Waals surface area contributed by atoms with Gasteiger partial charge in [0.2, 0.25) is 0 Å². The highest BCUT2D eigenvalue weighted by Crippen LogP contribution is 2.23. The molecule has 3 heteroatoms. The molecule has 1 unspecified atom stereocenters. The molecule has 0 aliphatic carbocycles. The third-order valence-electron chi connectivity index (χ3n) is 3.84.